The third kappa shape index (κ3) is 1.85. The maximum Gasteiger partial charge on any atom is 0.162 e. The summed E-state index contributed by atoms with van der Waals surface area (Å²) < 4.78 is 6.67. The van der Waals surface area contributed by atoms with Gasteiger partial charge in [0.15, 0.2) is 5.01 Å². The fourth-order valence-corrected chi connectivity index (χ4v) is 3.02. The number of imidazole rings is 1. The van der Waals surface area contributed by atoms with Crippen LogP contribution in [0.1, 0.15) is 44.4 Å². The van der Waals surface area contributed by atoms with Crippen molar-refractivity contribution in [2.45, 2.75) is 39.3 Å². The summed E-state index contributed by atoms with van der Waals surface area (Å²) in [5.74, 6) is 2.39. The molecule has 0 saturated carbocycles. The zero-order chi connectivity index (χ0) is 12.7. The van der Waals surface area contributed by atoms with Crippen LogP contribution in [0.3, 0.4) is 0 Å². The monoisotopic (exact) mass is 263 g/mol. The summed E-state index contributed by atoms with van der Waals surface area (Å²) in [6.07, 6.45) is 1.92. The lowest BCUT2D eigenvalue weighted by Gasteiger charge is -2.22. The quantitative estimate of drug-likeness (QED) is 0.902. The van der Waals surface area contributed by atoms with E-state index in [4.69, 9.17) is 0 Å². The smallest absolute Gasteiger partial charge is 0.162 e. The summed E-state index contributed by atoms with van der Waals surface area (Å²) in [6, 6.07) is 0.310. The minimum absolute atomic E-state index is 0.310. The molecule has 0 fully saturated rings. The van der Waals surface area contributed by atoms with Gasteiger partial charge in [-0.15, -0.1) is 0 Å². The van der Waals surface area contributed by atoms with E-state index in [0.29, 0.717) is 12.0 Å². The molecule has 0 aromatic carbocycles. The molecule has 0 radical (unpaired) electrons. The van der Waals surface area contributed by atoms with E-state index < -0.39 is 0 Å². The highest BCUT2D eigenvalue weighted by Gasteiger charge is 2.22. The molecule has 1 aliphatic heterocycles. The number of hydrogen-bond acceptors (Lipinski definition) is 5. The maximum atomic E-state index is 4.61. The van der Waals surface area contributed by atoms with Crippen molar-refractivity contribution in [3.63, 3.8) is 0 Å². The highest BCUT2D eigenvalue weighted by atomic mass is 32.1. The molecule has 18 heavy (non-hydrogen) atoms. The van der Waals surface area contributed by atoms with Crippen LogP contribution in [0.5, 0.6) is 0 Å². The van der Waals surface area contributed by atoms with Gasteiger partial charge < -0.3 is 9.88 Å². The lowest BCUT2D eigenvalue weighted by molar-refractivity contribution is 0.439. The van der Waals surface area contributed by atoms with E-state index in [-0.39, 0.29) is 0 Å². The van der Waals surface area contributed by atoms with Gasteiger partial charge >= 0.3 is 0 Å². The minimum Gasteiger partial charge on any atom is -0.323 e. The third-order valence-corrected chi connectivity index (χ3v) is 3.99. The molecule has 0 unspecified atom stereocenters. The van der Waals surface area contributed by atoms with E-state index in [9.17, 15) is 0 Å². The van der Waals surface area contributed by atoms with Crippen molar-refractivity contribution < 1.29 is 0 Å². The molecule has 0 amide bonds. The minimum atomic E-state index is 0.310. The lowest BCUT2D eigenvalue weighted by atomic mass is 10.2. The maximum absolute atomic E-state index is 4.61. The first-order chi connectivity index (χ1) is 8.66. The summed E-state index contributed by atoms with van der Waals surface area (Å²) in [7, 11) is 0. The molecule has 6 heteroatoms. The molecular formula is C12H17N5S. The average molecular weight is 263 g/mol. The summed E-state index contributed by atoms with van der Waals surface area (Å²) in [4.78, 5) is 9.12. The van der Waals surface area contributed by atoms with Crippen molar-refractivity contribution in [2.24, 2.45) is 0 Å². The zero-order valence-electron chi connectivity index (χ0n) is 10.8. The fraction of sp³-hybridized carbons (Fsp3) is 0.583. The van der Waals surface area contributed by atoms with Gasteiger partial charge in [-0.2, -0.15) is 4.37 Å². The molecular weight excluding hydrogens is 246 g/mol. The Bertz CT molecular complexity index is 557. The van der Waals surface area contributed by atoms with Crippen LogP contribution < -0.4 is 5.32 Å². The van der Waals surface area contributed by atoms with Crippen LogP contribution >= 0.6 is 11.5 Å². The predicted octanol–water partition coefficient (Wildman–Crippen LogP) is 2.19. The Balaban J connectivity index is 2.01. The second-order valence-electron chi connectivity index (χ2n) is 4.94. The number of hydrogen-bond donors (Lipinski definition) is 1. The Morgan fingerprint density at radius 2 is 2.33 bits per heavy atom. The Hall–Kier alpha value is -1.27. The SMILES string of the molecule is CC(C)c1nsc(-c2cnc3n2CCN[C@H]3C)n1. The molecule has 0 aliphatic carbocycles. The van der Waals surface area contributed by atoms with Gasteiger partial charge in [0, 0.05) is 19.0 Å². The summed E-state index contributed by atoms with van der Waals surface area (Å²) in [5.41, 5.74) is 1.10. The van der Waals surface area contributed by atoms with Crippen LogP contribution in [-0.4, -0.2) is 25.5 Å². The zero-order valence-corrected chi connectivity index (χ0v) is 11.7. The van der Waals surface area contributed by atoms with Gasteiger partial charge in [-0.05, 0) is 18.5 Å². The van der Waals surface area contributed by atoms with E-state index in [1.165, 1.54) is 11.5 Å². The van der Waals surface area contributed by atoms with Gasteiger partial charge in [0.25, 0.3) is 0 Å². The summed E-state index contributed by atoms with van der Waals surface area (Å²) >= 11 is 1.47. The van der Waals surface area contributed by atoms with Gasteiger partial charge in [0.1, 0.15) is 11.6 Å². The highest BCUT2D eigenvalue weighted by molar-refractivity contribution is 7.09. The van der Waals surface area contributed by atoms with Crippen molar-refractivity contribution in [3.8, 4) is 10.7 Å². The predicted molar refractivity (Wildman–Crippen MR) is 71.6 cm³/mol. The topological polar surface area (TPSA) is 55.6 Å². The van der Waals surface area contributed by atoms with Crippen molar-refractivity contribution in [2.75, 3.05) is 6.54 Å². The second kappa shape index (κ2) is 4.44. The number of aromatic nitrogens is 4. The molecule has 2 aromatic heterocycles. The molecule has 1 N–H and O–H groups in total. The first-order valence-electron chi connectivity index (χ1n) is 6.29. The number of fused-ring (bicyclic) bond motifs is 1. The van der Waals surface area contributed by atoms with E-state index >= 15 is 0 Å². The molecule has 5 nitrogen and oxygen atoms in total. The molecule has 1 aliphatic rings. The number of nitrogens with one attached hydrogen (secondary N) is 1. The Labute approximate surface area is 110 Å². The molecule has 3 rings (SSSR count). The van der Waals surface area contributed by atoms with E-state index in [2.05, 4.69) is 45.0 Å². The normalized spacial score (nSPS) is 19.2. The average Bonchev–Trinajstić information content (AvgIpc) is 2.94. The van der Waals surface area contributed by atoms with Crippen LogP contribution in [0.15, 0.2) is 6.20 Å². The second-order valence-corrected chi connectivity index (χ2v) is 5.69. The summed E-state index contributed by atoms with van der Waals surface area (Å²) in [5, 5.41) is 4.39. The largest absolute Gasteiger partial charge is 0.323 e. The van der Waals surface area contributed by atoms with Gasteiger partial charge in [0.05, 0.1) is 17.9 Å². The third-order valence-electron chi connectivity index (χ3n) is 3.24. The molecule has 0 spiro atoms. The molecule has 1 atom stereocenters. The Morgan fingerprint density at radius 3 is 3.06 bits per heavy atom. The molecule has 0 saturated heterocycles. The van der Waals surface area contributed by atoms with E-state index in [1.807, 2.05) is 6.20 Å². The Kier molecular flexibility index (Phi) is 2.91. The fourth-order valence-electron chi connectivity index (χ4n) is 2.20. The van der Waals surface area contributed by atoms with Crippen molar-refractivity contribution in [1.82, 2.24) is 24.2 Å². The van der Waals surface area contributed by atoms with Gasteiger partial charge in [-0.25, -0.2) is 9.97 Å². The van der Waals surface area contributed by atoms with Crippen LogP contribution in [0, 0.1) is 0 Å². The van der Waals surface area contributed by atoms with Gasteiger partial charge in [0.2, 0.25) is 0 Å². The van der Waals surface area contributed by atoms with Crippen LogP contribution in [0.25, 0.3) is 10.7 Å². The first-order valence-corrected chi connectivity index (χ1v) is 7.07. The standard InChI is InChI=1S/C12H17N5S/c1-7(2)10-15-12(18-16-10)9-6-14-11-8(3)13-4-5-17(9)11/h6-8,13H,4-5H2,1-3H3/t8-/m0/s1. The van der Waals surface area contributed by atoms with Gasteiger partial charge in [-0.3, -0.25) is 0 Å². The van der Waals surface area contributed by atoms with E-state index in [1.54, 1.807) is 0 Å². The number of rotatable bonds is 2. The summed E-state index contributed by atoms with van der Waals surface area (Å²) in [6.45, 7) is 8.30. The first kappa shape index (κ1) is 11.8. The molecule has 96 valence electrons. The number of nitrogens with zero attached hydrogens (tertiary/aromatic N) is 4. The van der Waals surface area contributed by atoms with Crippen LogP contribution in [0.4, 0.5) is 0 Å². The van der Waals surface area contributed by atoms with Crippen molar-refractivity contribution in [3.05, 3.63) is 17.8 Å². The Morgan fingerprint density at radius 1 is 1.50 bits per heavy atom. The van der Waals surface area contributed by atoms with Crippen molar-refractivity contribution >= 4 is 11.5 Å². The van der Waals surface area contributed by atoms with Crippen molar-refractivity contribution in [1.29, 1.82) is 0 Å². The van der Waals surface area contributed by atoms with Crippen LogP contribution in [-0.2, 0) is 6.54 Å². The highest BCUT2D eigenvalue weighted by Crippen LogP contribution is 2.28. The van der Waals surface area contributed by atoms with E-state index in [0.717, 1.165) is 35.4 Å². The molecule has 2 aromatic rings. The molecule has 3 heterocycles. The van der Waals surface area contributed by atoms with Crippen LogP contribution in [0.2, 0.25) is 0 Å². The lowest BCUT2D eigenvalue weighted by Crippen LogP contribution is -2.32. The molecule has 0 bridgehead atoms. The van der Waals surface area contributed by atoms with Gasteiger partial charge in [-0.1, -0.05) is 13.8 Å².